The van der Waals surface area contributed by atoms with Crippen molar-refractivity contribution in [3.8, 4) is 5.88 Å². The van der Waals surface area contributed by atoms with Crippen molar-refractivity contribution in [3.63, 3.8) is 0 Å². The normalized spacial score (nSPS) is 17.3. The van der Waals surface area contributed by atoms with E-state index in [0.717, 1.165) is 19.3 Å². The summed E-state index contributed by atoms with van der Waals surface area (Å²) in [5, 5.41) is 2.72. The van der Waals surface area contributed by atoms with Gasteiger partial charge in [0.1, 0.15) is 0 Å². The first-order chi connectivity index (χ1) is 19.9. The number of ether oxygens (including phenoxy) is 1. The number of hydrogen-bond donors (Lipinski definition) is 1. The maximum absolute atomic E-state index is 13.8. The first kappa shape index (κ1) is 29.4. The van der Waals surface area contributed by atoms with Crippen molar-refractivity contribution in [1.29, 1.82) is 0 Å². The third-order valence-corrected chi connectivity index (χ3v) is 12.6. The van der Waals surface area contributed by atoms with Crippen LogP contribution in [0.3, 0.4) is 0 Å². The minimum atomic E-state index is -2.03. The van der Waals surface area contributed by atoms with E-state index in [1.54, 1.807) is 6.33 Å². The molecule has 2 amide bonds. The second kappa shape index (κ2) is 11.7. The Morgan fingerprint density at radius 3 is 2.17 bits per heavy atom. The molecule has 1 fully saturated rings. The van der Waals surface area contributed by atoms with Gasteiger partial charge in [-0.3, -0.25) is 10.1 Å². The van der Waals surface area contributed by atoms with E-state index in [1.807, 2.05) is 65.2 Å². The number of para-hydroxylation sites is 2. The van der Waals surface area contributed by atoms with Crippen molar-refractivity contribution < 1.29 is 18.8 Å². The van der Waals surface area contributed by atoms with Gasteiger partial charge in [0.25, 0.3) is 5.88 Å². The van der Waals surface area contributed by atoms with E-state index in [2.05, 4.69) is 54.1 Å². The van der Waals surface area contributed by atoms with Gasteiger partial charge in [-0.2, -0.15) is 9.97 Å². The third-order valence-electron chi connectivity index (χ3n) is 8.10. The number of benzene rings is 2. The van der Waals surface area contributed by atoms with E-state index >= 15 is 0 Å². The van der Waals surface area contributed by atoms with Gasteiger partial charge in [0.05, 0.1) is 29.8 Å². The van der Waals surface area contributed by atoms with Crippen LogP contribution in [0.5, 0.6) is 5.88 Å². The molecule has 5 rings (SSSR count). The van der Waals surface area contributed by atoms with E-state index in [-0.39, 0.29) is 34.9 Å². The van der Waals surface area contributed by atoms with Gasteiger partial charge in [-0.05, 0) is 61.7 Å². The number of carbonyl (C=O) groups is 2. The van der Waals surface area contributed by atoms with E-state index in [0.29, 0.717) is 22.5 Å². The summed E-state index contributed by atoms with van der Waals surface area (Å²) in [6.45, 7) is 12.6. The van der Waals surface area contributed by atoms with Gasteiger partial charge in [0.15, 0.2) is 19.5 Å². The summed E-state index contributed by atoms with van der Waals surface area (Å²) < 4.78 is 14.8. The first-order valence-corrected chi connectivity index (χ1v) is 17.2. The topological polar surface area (TPSA) is 111 Å². The Labute approximate surface area is 247 Å². The lowest BCUT2D eigenvalue weighted by molar-refractivity contribution is -0.114. The van der Waals surface area contributed by atoms with E-state index in [9.17, 15) is 9.59 Å². The van der Waals surface area contributed by atoms with Crippen molar-refractivity contribution in [3.05, 3.63) is 67.0 Å². The Morgan fingerprint density at radius 2 is 1.60 bits per heavy atom. The molecule has 2 heterocycles. The highest BCUT2D eigenvalue weighted by atomic mass is 28.4. The van der Waals surface area contributed by atoms with Crippen molar-refractivity contribution >= 4 is 48.8 Å². The standard InChI is InChI=1S/C31H38N6O4Si/c1-21(38)33-29-34-27-26(32-20-36(27)24-18-13-19-25(24)41-42(5,6)31(2,3)4)28(35-29)40-30(39)37(22-14-9-7-10-15-22)23-16-11-8-12-17-23/h7-12,14-17,20,24-25H,13,18-19H2,1-6H3,(H,33,34,35,38)/t24-,25-/m0/s1. The maximum Gasteiger partial charge on any atom is 0.425 e. The molecule has 0 bridgehead atoms. The summed E-state index contributed by atoms with van der Waals surface area (Å²) in [6, 6.07) is 18.4. The number of nitrogens with one attached hydrogen (secondary N) is 1. The molecule has 4 aromatic rings. The summed E-state index contributed by atoms with van der Waals surface area (Å²) >= 11 is 0. The van der Waals surface area contributed by atoms with Gasteiger partial charge < -0.3 is 13.7 Å². The number of fused-ring (bicyclic) bond motifs is 1. The predicted molar refractivity (Wildman–Crippen MR) is 166 cm³/mol. The van der Waals surface area contributed by atoms with Gasteiger partial charge >= 0.3 is 6.09 Å². The van der Waals surface area contributed by atoms with E-state index < -0.39 is 14.4 Å². The van der Waals surface area contributed by atoms with Crippen LogP contribution in [-0.2, 0) is 9.22 Å². The summed E-state index contributed by atoms with van der Waals surface area (Å²) in [5.41, 5.74) is 2.06. The molecule has 11 heteroatoms. The van der Waals surface area contributed by atoms with Crippen LogP contribution in [-0.4, -0.2) is 45.9 Å². The fourth-order valence-electron chi connectivity index (χ4n) is 4.98. The molecule has 0 unspecified atom stereocenters. The lowest BCUT2D eigenvalue weighted by Crippen LogP contribution is -2.45. The van der Waals surface area contributed by atoms with Crippen LogP contribution in [0.4, 0.5) is 22.1 Å². The van der Waals surface area contributed by atoms with Crippen LogP contribution in [0.25, 0.3) is 11.2 Å². The summed E-state index contributed by atoms with van der Waals surface area (Å²) in [7, 11) is -2.03. The Kier molecular flexibility index (Phi) is 8.16. The molecule has 2 aromatic heterocycles. The SMILES string of the molecule is CC(=O)Nc1nc(OC(=O)N(c2ccccc2)c2ccccc2)c2ncn([C@H]3CCC[C@@H]3O[Si](C)(C)C(C)(C)C)c2n1. The first-order valence-electron chi connectivity index (χ1n) is 14.3. The van der Waals surface area contributed by atoms with Crippen molar-refractivity contribution in [2.75, 3.05) is 10.2 Å². The summed E-state index contributed by atoms with van der Waals surface area (Å²) in [5.74, 6) is -0.345. The smallest absolute Gasteiger partial charge is 0.412 e. The van der Waals surface area contributed by atoms with Crippen molar-refractivity contribution in [1.82, 2.24) is 19.5 Å². The summed E-state index contributed by atoms with van der Waals surface area (Å²) in [6.07, 6.45) is 3.88. The molecule has 10 nitrogen and oxygen atoms in total. The monoisotopic (exact) mass is 586 g/mol. The Morgan fingerprint density at radius 1 is 0.976 bits per heavy atom. The molecule has 1 saturated carbocycles. The van der Waals surface area contributed by atoms with E-state index in [1.165, 1.54) is 11.8 Å². The van der Waals surface area contributed by atoms with Crippen molar-refractivity contribution in [2.24, 2.45) is 0 Å². The molecular formula is C31H38N6O4Si. The molecule has 0 spiro atoms. The second-order valence-corrected chi connectivity index (χ2v) is 16.9. The number of amides is 2. The lowest BCUT2D eigenvalue weighted by atomic mass is 10.2. The Bertz CT molecular complexity index is 1530. The van der Waals surface area contributed by atoms with Crippen LogP contribution in [0.1, 0.15) is 53.0 Å². The highest BCUT2D eigenvalue weighted by Gasteiger charge is 2.43. The largest absolute Gasteiger partial charge is 0.425 e. The van der Waals surface area contributed by atoms with Gasteiger partial charge in [-0.15, -0.1) is 0 Å². The zero-order valence-corrected chi connectivity index (χ0v) is 26.0. The average molecular weight is 587 g/mol. The number of aromatic nitrogens is 4. The number of rotatable bonds is 7. The van der Waals surface area contributed by atoms with Crippen LogP contribution < -0.4 is 15.0 Å². The number of anilines is 3. The van der Waals surface area contributed by atoms with Gasteiger partial charge in [0, 0.05) is 6.92 Å². The summed E-state index contributed by atoms with van der Waals surface area (Å²) in [4.78, 5) is 40.9. The lowest BCUT2D eigenvalue weighted by Gasteiger charge is -2.40. The molecule has 0 radical (unpaired) electrons. The number of carbonyl (C=O) groups excluding carboxylic acids is 2. The number of imidazole rings is 1. The van der Waals surface area contributed by atoms with Crippen LogP contribution in [0.2, 0.25) is 18.1 Å². The zero-order valence-electron chi connectivity index (χ0n) is 25.0. The van der Waals surface area contributed by atoms with E-state index in [4.69, 9.17) is 9.16 Å². The number of nitrogens with zero attached hydrogens (tertiary/aromatic N) is 5. The molecule has 2 atom stereocenters. The quantitative estimate of drug-likeness (QED) is 0.227. The van der Waals surface area contributed by atoms with Crippen LogP contribution in [0.15, 0.2) is 67.0 Å². The average Bonchev–Trinajstić information content (AvgIpc) is 3.55. The molecule has 0 saturated heterocycles. The fraction of sp³-hybridized carbons (Fsp3) is 0.387. The molecule has 1 N–H and O–H groups in total. The molecule has 42 heavy (non-hydrogen) atoms. The van der Waals surface area contributed by atoms with Gasteiger partial charge in [-0.25, -0.2) is 14.7 Å². The molecule has 0 aliphatic heterocycles. The Hall–Kier alpha value is -4.09. The van der Waals surface area contributed by atoms with Crippen LogP contribution >= 0.6 is 0 Å². The molecule has 2 aromatic carbocycles. The predicted octanol–water partition coefficient (Wildman–Crippen LogP) is 7.24. The zero-order chi connectivity index (χ0) is 30.1. The van der Waals surface area contributed by atoms with Gasteiger partial charge in [-0.1, -0.05) is 57.2 Å². The molecule has 1 aliphatic rings. The maximum atomic E-state index is 13.8. The van der Waals surface area contributed by atoms with Crippen LogP contribution in [0, 0.1) is 0 Å². The number of hydrogen-bond acceptors (Lipinski definition) is 7. The highest BCUT2D eigenvalue weighted by molar-refractivity contribution is 6.74. The highest BCUT2D eigenvalue weighted by Crippen LogP contribution is 2.43. The molecule has 1 aliphatic carbocycles. The second-order valence-electron chi connectivity index (χ2n) is 12.1. The minimum absolute atomic E-state index is 0.000117. The minimum Gasteiger partial charge on any atom is -0.412 e. The Balaban J connectivity index is 1.53. The molecular weight excluding hydrogens is 548 g/mol. The fourth-order valence-corrected chi connectivity index (χ4v) is 6.36. The van der Waals surface area contributed by atoms with Crippen molar-refractivity contribution in [2.45, 2.75) is 77.2 Å². The van der Waals surface area contributed by atoms with Gasteiger partial charge in [0.2, 0.25) is 11.9 Å². The third kappa shape index (κ3) is 6.07. The molecule has 220 valence electrons.